The molecule has 1 aromatic heterocycles. The van der Waals surface area contributed by atoms with Crippen LogP contribution in [-0.4, -0.2) is 45.3 Å². The normalized spacial score (nSPS) is 15.7. The van der Waals surface area contributed by atoms with Crippen molar-refractivity contribution in [2.24, 2.45) is 0 Å². The Morgan fingerprint density at radius 1 is 1.18 bits per heavy atom. The first-order chi connectivity index (χ1) is 16.5. The van der Waals surface area contributed by atoms with Crippen LogP contribution in [0.3, 0.4) is 0 Å². The van der Waals surface area contributed by atoms with Crippen LogP contribution < -0.4 is 5.32 Å². The van der Waals surface area contributed by atoms with Gasteiger partial charge in [0, 0.05) is 31.5 Å². The second-order valence-corrected chi connectivity index (χ2v) is 9.85. The molecule has 2 aromatic carbocycles. The van der Waals surface area contributed by atoms with E-state index >= 15 is 0 Å². The average molecular weight is 480 g/mol. The summed E-state index contributed by atoms with van der Waals surface area (Å²) in [5, 5.41) is 12.9. The monoisotopic (exact) mass is 479 g/mol. The van der Waals surface area contributed by atoms with Crippen molar-refractivity contribution < 1.29 is 9.53 Å². The molecule has 7 nitrogen and oxygen atoms in total. The van der Waals surface area contributed by atoms with Crippen LogP contribution in [-0.2, 0) is 34.9 Å². The molecule has 1 fully saturated rings. The zero-order chi connectivity index (χ0) is 23.9. The van der Waals surface area contributed by atoms with E-state index in [-0.39, 0.29) is 12.0 Å². The Morgan fingerprint density at radius 2 is 1.97 bits per heavy atom. The summed E-state index contributed by atoms with van der Waals surface area (Å²) in [6.07, 6.45) is 2.41. The lowest BCUT2D eigenvalue weighted by molar-refractivity contribution is -0.114. The van der Waals surface area contributed by atoms with Crippen molar-refractivity contribution in [2.75, 3.05) is 19.0 Å². The predicted octanol–water partition coefficient (Wildman–Crippen LogP) is 4.65. The molecular weight excluding hydrogens is 446 g/mol. The van der Waals surface area contributed by atoms with E-state index in [1.807, 2.05) is 24.3 Å². The molecule has 3 aromatic rings. The number of aryl methyl sites for hydroxylation is 1. The first-order valence-corrected chi connectivity index (χ1v) is 12.7. The highest BCUT2D eigenvalue weighted by Gasteiger charge is 2.22. The van der Waals surface area contributed by atoms with Crippen molar-refractivity contribution in [2.45, 2.75) is 63.3 Å². The van der Waals surface area contributed by atoms with Gasteiger partial charge in [0.2, 0.25) is 5.91 Å². The molecule has 180 valence electrons. The second-order valence-electron chi connectivity index (χ2n) is 8.91. The number of nitrogens with one attached hydrogen (secondary N) is 1. The van der Waals surface area contributed by atoms with Gasteiger partial charge < -0.3 is 14.6 Å². The van der Waals surface area contributed by atoms with E-state index in [1.165, 1.54) is 23.6 Å². The molecule has 0 radical (unpaired) electrons. The van der Waals surface area contributed by atoms with Crippen LogP contribution in [0.1, 0.15) is 42.3 Å². The van der Waals surface area contributed by atoms with E-state index in [2.05, 4.69) is 63.2 Å². The van der Waals surface area contributed by atoms with E-state index in [0.29, 0.717) is 6.54 Å². The lowest BCUT2D eigenvalue weighted by atomic mass is 10.1. The van der Waals surface area contributed by atoms with Crippen LogP contribution in [0, 0.1) is 6.92 Å². The van der Waals surface area contributed by atoms with Crippen LogP contribution in [0.5, 0.6) is 0 Å². The van der Waals surface area contributed by atoms with Crippen LogP contribution in [0.4, 0.5) is 5.69 Å². The van der Waals surface area contributed by atoms with Crippen LogP contribution >= 0.6 is 11.8 Å². The van der Waals surface area contributed by atoms with E-state index in [0.717, 1.165) is 55.0 Å². The van der Waals surface area contributed by atoms with Gasteiger partial charge in [0.25, 0.3) is 0 Å². The number of hydrogen-bond donors (Lipinski definition) is 1. The summed E-state index contributed by atoms with van der Waals surface area (Å²) in [5.41, 5.74) is 4.60. The lowest BCUT2D eigenvalue weighted by Gasteiger charge is -2.19. The number of anilines is 1. The molecule has 2 heterocycles. The quantitative estimate of drug-likeness (QED) is 0.427. The largest absolute Gasteiger partial charge is 0.376 e. The minimum atomic E-state index is -0.0634. The molecule has 4 rings (SSSR count). The summed E-state index contributed by atoms with van der Waals surface area (Å²) < 4.78 is 8.17. The maximum absolute atomic E-state index is 11.2. The van der Waals surface area contributed by atoms with Crippen molar-refractivity contribution in [1.29, 1.82) is 0 Å². The first-order valence-electron chi connectivity index (χ1n) is 11.7. The number of thioether (sulfide) groups is 1. The number of benzene rings is 2. The van der Waals surface area contributed by atoms with Crippen molar-refractivity contribution in [3.05, 3.63) is 71.0 Å². The summed E-state index contributed by atoms with van der Waals surface area (Å²) in [6, 6.07) is 16.4. The van der Waals surface area contributed by atoms with Crippen LogP contribution in [0.2, 0.25) is 0 Å². The molecule has 0 bridgehead atoms. The van der Waals surface area contributed by atoms with Gasteiger partial charge in [-0.1, -0.05) is 48.2 Å². The summed E-state index contributed by atoms with van der Waals surface area (Å²) in [6.45, 7) is 6.76. The number of aromatic nitrogens is 3. The lowest BCUT2D eigenvalue weighted by Crippen LogP contribution is -2.23. The molecule has 8 heteroatoms. The Bertz CT molecular complexity index is 1090. The van der Waals surface area contributed by atoms with Crippen LogP contribution in [0.25, 0.3) is 0 Å². The molecule has 0 unspecified atom stereocenters. The van der Waals surface area contributed by atoms with E-state index < -0.39 is 0 Å². The van der Waals surface area contributed by atoms with Crippen molar-refractivity contribution in [3.63, 3.8) is 0 Å². The molecule has 1 saturated heterocycles. The number of nitrogens with zero attached hydrogens (tertiary/aromatic N) is 4. The molecule has 1 aliphatic rings. The topological polar surface area (TPSA) is 72.3 Å². The highest BCUT2D eigenvalue weighted by atomic mass is 32.2. The van der Waals surface area contributed by atoms with E-state index in [4.69, 9.17) is 4.74 Å². The number of hydrogen-bond acceptors (Lipinski definition) is 6. The Balaban J connectivity index is 1.44. The van der Waals surface area contributed by atoms with Gasteiger partial charge in [0.15, 0.2) is 5.16 Å². The van der Waals surface area contributed by atoms with Gasteiger partial charge in [-0.3, -0.25) is 9.69 Å². The third-order valence-corrected chi connectivity index (χ3v) is 6.98. The van der Waals surface area contributed by atoms with Crippen molar-refractivity contribution in [3.8, 4) is 0 Å². The van der Waals surface area contributed by atoms with Gasteiger partial charge in [-0.25, -0.2) is 0 Å². The fourth-order valence-electron chi connectivity index (χ4n) is 4.14. The Hall–Kier alpha value is -2.68. The smallest absolute Gasteiger partial charge is 0.221 e. The number of carbonyl (C=O) groups is 1. The van der Waals surface area contributed by atoms with Gasteiger partial charge >= 0.3 is 0 Å². The van der Waals surface area contributed by atoms with Gasteiger partial charge in [-0.15, -0.1) is 10.2 Å². The number of amides is 1. The predicted molar refractivity (Wildman–Crippen MR) is 136 cm³/mol. The molecule has 1 aliphatic heterocycles. The number of carbonyl (C=O) groups excluding carboxylic acids is 1. The zero-order valence-corrected chi connectivity index (χ0v) is 21.0. The third kappa shape index (κ3) is 6.68. The molecule has 1 amide bonds. The molecule has 0 spiro atoms. The van der Waals surface area contributed by atoms with Gasteiger partial charge in [0.05, 0.1) is 19.2 Å². The molecule has 0 saturated carbocycles. The van der Waals surface area contributed by atoms with Gasteiger partial charge in [-0.2, -0.15) is 0 Å². The first kappa shape index (κ1) is 24.4. The summed E-state index contributed by atoms with van der Waals surface area (Å²) in [4.78, 5) is 13.5. The fraction of sp³-hybridized carbons (Fsp3) is 0.423. The van der Waals surface area contributed by atoms with E-state index in [9.17, 15) is 4.79 Å². The second kappa shape index (κ2) is 11.6. The summed E-state index contributed by atoms with van der Waals surface area (Å²) in [5.74, 6) is 1.76. The Labute approximate surface area is 205 Å². The van der Waals surface area contributed by atoms with E-state index in [1.54, 1.807) is 11.8 Å². The Morgan fingerprint density at radius 3 is 2.68 bits per heavy atom. The molecule has 0 aliphatic carbocycles. The van der Waals surface area contributed by atoms with Gasteiger partial charge in [0.1, 0.15) is 5.82 Å². The Kier molecular flexibility index (Phi) is 8.37. The minimum Gasteiger partial charge on any atom is -0.376 e. The summed E-state index contributed by atoms with van der Waals surface area (Å²) >= 11 is 1.74. The van der Waals surface area contributed by atoms with Crippen molar-refractivity contribution >= 4 is 23.4 Å². The molecule has 1 atom stereocenters. The van der Waals surface area contributed by atoms with Crippen molar-refractivity contribution in [1.82, 2.24) is 19.7 Å². The molecule has 1 N–H and O–H groups in total. The number of ether oxygens (including phenoxy) is 1. The molecular formula is C26H33N5O2S. The highest BCUT2D eigenvalue weighted by molar-refractivity contribution is 7.98. The zero-order valence-electron chi connectivity index (χ0n) is 20.2. The average Bonchev–Trinajstić information content (AvgIpc) is 3.45. The summed E-state index contributed by atoms with van der Waals surface area (Å²) in [7, 11) is 2.09. The minimum absolute atomic E-state index is 0.0634. The highest BCUT2D eigenvalue weighted by Crippen LogP contribution is 2.26. The number of rotatable bonds is 10. The SMILES string of the molecule is CC(=O)Nc1ccc(CN(C)Cc2nnc(SCc3ccccc3C)n2C[C@@H]2CCCO2)cc1. The third-order valence-electron chi connectivity index (χ3n) is 5.96. The molecule has 34 heavy (non-hydrogen) atoms. The maximum Gasteiger partial charge on any atom is 0.221 e. The standard InChI is InChI=1S/C26H33N5O2S/c1-19-7-4-5-8-22(19)18-34-26-29-28-25(31(26)16-24-9-6-14-33-24)17-30(3)15-21-10-12-23(13-11-21)27-20(2)32/h4-5,7-8,10-13,24H,6,9,14-18H2,1-3H3,(H,27,32)/t24-/m0/s1. The van der Waals surface area contributed by atoms with Gasteiger partial charge in [-0.05, 0) is 55.6 Å². The van der Waals surface area contributed by atoms with Crippen LogP contribution in [0.15, 0.2) is 53.7 Å². The fourth-order valence-corrected chi connectivity index (χ4v) is 5.18. The maximum atomic E-state index is 11.2.